The molecule has 2 aromatic rings. The van der Waals surface area contributed by atoms with Crippen molar-refractivity contribution in [3.63, 3.8) is 0 Å². The van der Waals surface area contributed by atoms with Gasteiger partial charge in [-0.2, -0.15) is 0 Å². The quantitative estimate of drug-likeness (QED) is 0.822. The highest BCUT2D eigenvalue weighted by Crippen LogP contribution is 2.31. The van der Waals surface area contributed by atoms with E-state index in [0.717, 1.165) is 6.42 Å². The van der Waals surface area contributed by atoms with Gasteiger partial charge in [-0.25, -0.2) is 8.78 Å². The second-order valence-corrected chi connectivity index (χ2v) is 5.06. The molecule has 1 aromatic carbocycles. The highest BCUT2D eigenvalue weighted by molar-refractivity contribution is 9.10. The van der Waals surface area contributed by atoms with Crippen LogP contribution < -0.4 is 5.32 Å². The molecule has 0 aliphatic rings. The van der Waals surface area contributed by atoms with E-state index >= 15 is 0 Å². The summed E-state index contributed by atoms with van der Waals surface area (Å²) in [5, 5.41) is 3.14. The van der Waals surface area contributed by atoms with E-state index < -0.39 is 17.7 Å². The van der Waals surface area contributed by atoms with Gasteiger partial charge in [0.15, 0.2) is 0 Å². The molecule has 1 aromatic heterocycles. The maximum Gasteiger partial charge on any atom is 0.145 e. The van der Waals surface area contributed by atoms with Crippen molar-refractivity contribution in [2.75, 3.05) is 6.54 Å². The van der Waals surface area contributed by atoms with E-state index in [4.69, 9.17) is 4.42 Å². The first-order valence-corrected chi connectivity index (χ1v) is 6.83. The Hall–Kier alpha value is -1.20. The third kappa shape index (κ3) is 3.04. The van der Waals surface area contributed by atoms with Gasteiger partial charge in [0.25, 0.3) is 0 Å². The van der Waals surface area contributed by atoms with Crippen molar-refractivity contribution in [1.29, 1.82) is 0 Å². The lowest BCUT2D eigenvalue weighted by atomic mass is 10.00. The Morgan fingerprint density at radius 3 is 2.74 bits per heavy atom. The van der Waals surface area contributed by atoms with Gasteiger partial charge >= 0.3 is 0 Å². The van der Waals surface area contributed by atoms with Gasteiger partial charge in [0.05, 0.1) is 23.0 Å². The number of halogens is 3. The summed E-state index contributed by atoms with van der Waals surface area (Å²) in [6.45, 7) is 2.65. The molecule has 0 radical (unpaired) electrons. The second kappa shape index (κ2) is 6.30. The van der Waals surface area contributed by atoms with Crippen LogP contribution in [-0.2, 0) is 0 Å². The van der Waals surface area contributed by atoms with E-state index in [1.54, 1.807) is 6.07 Å². The molecule has 5 heteroatoms. The van der Waals surface area contributed by atoms with Crippen LogP contribution in [0.2, 0.25) is 0 Å². The maximum absolute atomic E-state index is 14.2. The molecule has 1 heterocycles. The lowest BCUT2D eigenvalue weighted by Crippen LogP contribution is -2.25. The Labute approximate surface area is 118 Å². The molecule has 1 unspecified atom stereocenters. The first-order chi connectivity index (χ1) is 9.15. The van der Waals surface area contributed by atoms with Crippen LogP contribution in [0.25, 0.3) is 0 Å². The number of benzene rings is 1. The summed E-state index contributed by atoms with van der Waals surface area (Å²) in [6, 6.07) is 3.76. The minimum absolute atomic E-state index is 0.00391. The Balaban J connectivity index is 2.46. The Morgan fingerprint density at radius 2 is 2.11 bits per heavy atom. The summed E-state index contributed by atoms with van der Waals surface area (Å²) in [4.78, 5) is 0. The molecule has 19 heavy (non-hydrogen) atoms. The second-order valence-electron chi connectivity index (χ2n) is 4.20. The minimum Gasteiger partial charge on any atom is -0.472 e. The summed E-state index contributed by atoms with van der Waals surface area (Å²) in [6.07, 6.45) is 3.85. The fraction of sp³-hybridized carbons (Fsp3) is 0.286. The number of hydrogen-bond acceptors (Lipinski definition) is 2. The topological polar surface area (TPSA) is 25.2 Å². The first kappa shape index (κ1) is 14.2. The molecule has 0 fully saturated rings. The average molecular weight is 330 g/mol. The highest BCUT2D eigenvalue weighted by atomic mass is 79.9. The van der Waals surface area contributed by atoms with Crippen molar-refractivity contribution in [2.24, 2.45) is 0 Å². The van der Waals surface area contributed by atoms with Crippen molar-refractivity contribution in [3.8, 4) is 0 Å². The molecule has 2 rings (SSSR count). The largest absolute Gasteiger partial charge is 0.472 e. The van der Waals surface area contributed by atoms with Crippen LogP contribution >= 0.6 is 15.9 Å². The van der Waals surface area contributed by atoms with E-state index in [1.807, 2.05) is 6.92 Å². The van der Waals surface area contributed by atoms with Gasteiger partial charge in [-0.1, -0.05) is 6.92 Å². The zero-order chi connectivity index (χ0) is 13.8. The molecule has 0 saturated carbocycles. The van der Waals surface area contributed by atoms with Crippen molar-refractivity contribution in [1.82, 2.24) is 5.32 Å². The van der Waals surface area contributed by atoms with Crippen molar-refractivity contribution < 1.29 is 13.2 Å². The van der Waals surface area contributed by atoms with Crippen LogP contribution in [0.15, 0.2) is 39.6 Å². The summed E-state index contributed by atoms with van der Waals surface area (Å²) in [5.41, 5.74) is 0.702. The monoisotopic (exact) mass is 329 g/mol. The normalized spacial score (nSPS) is 12.6. The summed E-state index contributed by atoms with van der Waals surface area (Å²) < 4.78 is 33.4. The van der Waals surface area contributed by atoms with Crippen molar-refractivity contribution in [2.45, 2.75) is 19.4 Å². The molecule has 0 spiro atoms. The molecule has 0 amide bonds. The summed E-state index contributed by atoms with van der Waals surface area (Å²) >= 11 is 3.09. The summed E-state index contributed by atoms with van der Waals surface area (Å²) in [7, 11) is 0. The SMILES string of the molecule is CCCNC(c1ccoc1)c1c(F)ccc(Br)c1F. The van der Waals surface area contributed by atoms with E-state index in [9.17, 15) is 8.78 Å². The van der Waals surface area contributed by atoms with E-state index in [1.165, 1.54) is 24.7 Å². The van der Waals surface area contributed by atoms with E-state index in [-0.39, 0.29) is 10.0 Å². The van der Waals surface area contributed by atoms with Gasteiger partial charge in [0.2, 0.25) is 0 Å². The predicted molar refractivity (Wildman–Crippen MR) is 72.9 cm³/mol. The lowest BCUT2D eigenvalue weighted by Gasteiger charge is -2.19. The third-order valence-electron chi connectivity index (χ3n) is 2.84. The van der Waals surface area contributed by atoms with Gasteiger partial charge in [-0.05, 0) is 47.1 Å². The number of furan rings is 1. The van der Waals surface area contributed by atoms with E-state index in [2.05, 4.69) is 21.2 Å². The standard InChI is InChI=1S/C14H14BrF2NO/c1-2-6-18-14(9-5-7-19-8-9)12-11(16)4-3-10(15)13(12)17/h3-5,7-8,14,18H,2,6H2,1H3. The molecule has 102 valence electrons. The number of hydrogen-bond donors (Lipinski definition) is 1. The highest BCUT2D eigenvalue weighted by Gasteiger charge is 2.23. The third-order valence-corrected chi connectivity index (χ3v) is 3.46. The van der Waals surface area contributed by atoms with E-state index in [0.29, 0.717) is 12.1 Å². The maximum atomic E-state index is 14.2. The molecule has 0 aliphatic carbocycles. The van der Waals surface area contributed by atoms with Crippen LogP contribution in [0.1, 0.15) is 30.5 Å². The van der Waals surface area contributed by atoms with Crippen LogP contribution in [0, 0.1) is 11.6 Å². The van der Waals surface area contributed by atoms with Gasteiger partial charge in [-0.15, -0.1) is 0 Å². The molecule has 0 aliphatic heterocycles. The Morgan fingerprint density at radius 1 is 1.32 bits per heavy atom. The van der Waals surface area contributed by atoms with Gasteiger partial charge in [-0.3, -0.25) is 0 Å². The molecule has 1 N–H and O–H groups in total. The number of nitrogens with one attached hydrogen (secondary N) is 1. The fourth-order valence-corrected chi connectivity index (χ4v) is 2.27. The molecule has 0 saturated heterocycles. The van der Waals surface area contributed by atoms with Gasteiger partial charge in [0, 0.05) is 11.1 Å². The predicted octanol–water partition coefficient (Wildman–Crippen LogP) is 4.41. The molecule has 1 atom stereocenters. The molecular weight excluding hydrogens is 316 g/mol. The average Bonchev–Trinajstić information content (AvgIpc) is 2.92. The van der Waals surface area contributed by atoms with Crippen LogP contribution in [0.5, 0.6) is 0 Å². The molecule has 0 bridgehead atoms. The first-order valence-electron chi connectivity index (χ1n) is 6.04. The molecule has 2 nitrogen and oxygen atoms in total. The van der Waals surface area contributed by atoms with Crippen molar-refractivity contribution in [3.05, 3.63) is 58.0 Å². The Bertz CT molecular complexity index is 543. The van der Waals surface area contributed by atoms with Gasteiger partial charge in [0.1, 0.15) is 11.6 Å². The van der Waals surface area contributed by atoms with Crippen LogP contribution in [-0.4, -0.2) is 6.54 Å². The van der Waals surface area contributed by atoms with Crippen LogP contribution in [0.4, 0.5) is 8.78 Å². The Kier molecular flexibility index (Phi) is 4.71. The summed E-state index contributed by atoms with van der Waals surface area (Å²) in [5.74, 6) is -1.16. The van der Waals surface area contributed by atoms with Gasteiger partial charge < -0.3 is 9.73 Å². The van der Waals surface area contributed by atoms with Crippen LogP contribution in [0.3, 0.4) is 0 Å². The zero-order valence-electron chi connectivity index (χ0n) is 10.4. The lowest BCUT2D eigenvalue weighted by molar-refractivity contribution is 0.494. The van der Waals surface area contributed by atoms with Crippen molar-refractivity contribution >= 4 is 15.9 Å². The zero-order valence-corrected chi connectivity index (χ0v) is 12.0. The fourth-order valence-electron chi connectivity index (χ4n) is 1.92. The molecular formula is C14H14BrF2NO. The number of rotatable bonds is 5. The smallest absolute Gasteiger partial charge is 0.145 e. The minimum atomic E-state index is -0.588.